The average molecular weight is 228 g/mol. The number of nitrogens with zero attached hydrogens (tertiary/aromatic N) is 1. The highest BCUT2D eigenvalue weighted by molar-refractivity contribution is 7.80. The van der Waals surface area contributed by atoms with Gasteiger partial charge in [0.05, 0.1) is 4.99 Å². The van der Waals surface area contributed by atoms with E-state index in [1.54, 1.807) is 0 Å². The van der Waals surface area contributed by atoms with E-state index in [2.05, 4.69) is 11.8 Å². The molecule has 2 N–H and O–H groups in total. The van der Waals surface area contributed by atoms with E-state index in [4.69, 9.17) is 18.0 Å². The lowest BCUT2D eigenvalue weighted by atomic mass is 9.89. The minimum atomic E-state index is 0.650. The summed E-state index contributed by atoms with van der Waals surface area (Å²) in [5, 5.41) is 0. The van der Waals surface area contributed by atoms with E-state index in [-0.39, 0.29) is 0 Å². The summed E-state index contributed by atoms with van der Waals surface area (Å²) in [4.78, 5) is 3.15. The number of hydrogen-bond acceptors (Lipinski definition) is 2. The van der Waals surface area contributed by atoms with E-state index >= 15 is 0 Å². The maximum absolute atomic E-state index is 5.53. The van der Waals surface area contributed by atoms with Crippen LogP contribution in [0.5, 0.6) is 0 Å². The molecule has 88 valence electrons. The quantitative estimate of drug-likeness (QED) is 0.709. The van der Waals surface area contributed by atoms with Gasteiger partial charge in [-0.3, -0.25) is 0 Å². The van der Waals surface area contributed by atoms with Crippen molar-refractivity contribution in [2.75, 3.05) is 19.6 Å². The Morgan fingerprint density at radius 3 is 2.53 bits per heavy atom. The molecule has 0 atom stereocenters. The van der Waals surface area contributed by atoms with Gasteiger partial charge >= 0.3 is 0 Å². The predicted molar refractivity (Wildman–Crippen MR) is 70.1 cm³/mol. The summed E-state index contributed by atoms with van der Waals surface area (Å²) >= 11 is 4.92. The van der Waals surface area contributed by atoms with Crippen LogP contribution in [0.1, 0.15) is 45.4 Å². The second-order valence-corrected chi connectivity index (χ2v) is 5.14. The van der Waals surface area contributed by atoms with Crippen molar-refractivity contribution < 1.29 is 0 Å². The molecular weight excluding hydrogens is 204 g/mol. The molecule has 2 nitrogen and oxygen atoms in total. The SMILES string of the molecule is CCN(CCC(N)=S)CC1CCCCC1. The molecule has 0 aliphatic heterocycles. The maximum atomic E-state index is 5.53. The van der Waals surface area contributed by atoms with Gasteiger partial charge in [0, 0.05) is 19.5 Å². The lowest BCUT2D eigenvalue weighted by molar-refractivity contribution is 0.213. The summed E-state index contributed by atoms with van der Waals surface area (Å²) in [6.07, 6.45) is 8.01. The van der Waals surface area contributed by atoms with Crippen LogP contribution >= 0.6 is 12.2 Å². The fourth-order valence-corrected chi connectivity index (χ4v) is 2.47. The average Bonchev–Trinajstić information content (AvgIpc) is 2.25. The van der Waals surface area contributed by atoms with Crippen LogP contribution in [0.3, 0.4) is 0 Å². The van der Waals surface area contributed by atoms with Gasteiger partial charge in [0.25, 0.3) is 0 Å². The first kappa shape index (κ1) is 12.9. The van der Waals surface area contributed by atoms with Crippen LogP contribution in [0.25, 0.3) is 0 Å². The smallest absolute Gasteiger partial charge is 0.0740 e. The third-order valence-electron chi connectivity index (χ3n) is 3.36. The molecular formula is C12H24N2S. The summed E-state index contributed by atoms with van der Waals surface area (Å²) in [5.74, 6) is 0.921. The normalized spacial score (nSPS) is 18.3. The lowest BCUT2D eigenvalue weighted by Gasteiger charge is -2.28. The van der Waals surface area contributed by atoms with Gasteiger partial charge in [-0.05, 0) is 25.3 Å². The van der Waals surface area contributed by atoms with Gasteiger partial charge in [0.2, 0.25) is 0 Å². The standard InChI is InChI=1S/C12H24N2S/c1-2-14(9-8-12(13)15)10-11-6-4-3-5-7-11/h11H,2-10H2,1H3,(H2,13,15). The molecule has 1 aliphatic carbocycles. The zero-order chi connectivity index (χ0) is 11.1. The van der Waals surface area contributed by atoms with Crippen molar-refractivity contribution >= 4 is 17.2 Å². The molecule has 0 radical (unpaired) electrons. The molecule has 15 heavy (non-hydrogen) atoms. The molecule has 3 heteroatoms. The van der Waals surface area contributed by atoms with Crippen LogP contribution in [0.15, 0.2) is 0 Å². The predicted octanol–water partition coefficient (Wildman–Crippen LogP) is 2.56. The highest BCUT2D eigenvalue weighted by atomic mass is 32.1. The molecule has 1 aliphatic rings. The molecule has 0 saturated heterocycles. The summed E-state index contributed by atoms with van der Waals surface area (Å²) in [6.45, 7) is 5.64. The molecule has 0 aromatic rings. The van der Waals surface area contributed by atoms with Gasteiger partial charge in [0.15, 0.2) is 0 Å². The van der Waals surface area contributed by atoms with Gasteiger partial charge in [-0.15, -0.1) is 0 Å². The lowest BCUT2D eigenvalue weighted by Crippen LogP contribution is -2.33. The monoisotopic (exact) mass is 228 g/mol. The van der Waals surface area contributed by atoms with E-state index in [0.29, 0.717) is 4.99 Å². The van der Waals surface area contributed by atoms with Crippen molar-refractivity contribution in [1.82, 2.24) is 4.90 Å². The molecule has 1 saturated carbocycles. The van der Waals surface area contributed by atoms with E-state index < -0.39 is 0 Å². The second kappa shape index (κ2) is 7.18. The Bertz CT molecular complexity index is 188. The number of thiocarbonyl (C=S) groups is 1. The topological polar surface area (TPSA) is 29.3 Å². The zero-order valence-corrected chi connectivity index (χ0v) is 10.7. The molecule has 0 heterocycles. The Morgan fingerprint density at radius 2 is 2.00 bits per heavy atom. The van der Waals surface area contributed by atoms with E-state index in [9.17, 15) is 0 Å². The van der Waals surface area contributed by atoms with Gasteiger partial charge in [-0.25, -0.2) is 0 Å². The first-order valence-electron chi connectivity index (χ1n) is 6.23. The van der Waals surface area contributed by atoms with Crippen LogP contribution in [0.2, 0.25) is 0 Å². The second-order valence-electron chi connectivity index (χ2n) is 4.61. The van der Waals surface area contributed by atoms with Crippen molar-refractivity contribution in [3.8, 4) is 0 Å². The molecule has 0 amide bonds. The Hall–Kier alpha value is -0.150. The van der Waals surface area contributed by atoms with Crippen LogP contribution < -0.4 is 5.73 Å². The molecule has 0 aromatic carbocycles. The first-order chi connectivity index (χ1) is 7.22. The maximum Gasteiger partial charge on any atom is 0.0740 e. The highest BCUT2D eigenvalue weighted by Crippen LogP contribution is 2.24. The molecule has 0 aromatic heterocycles. The molecule has 1 fully saturated rings. The summed E-state index contributed by atoms with van der Waals surface area (Å²) < 4.78 is 0. The summed E-state index contributed by atoms with van der Waals surface area (Å²) in [7, 11) is 0. The Balaban J connectivity index is 2.22. The first-order valence-corrected chi connectivity index (χ1v) is 6.64. The molecule has 0 unspecified atom stereocenters. The van der Waals surface area contributed by atoms with E-state index in [1.807, 2.05) is 0 Å². The third-order valence-corrected chi connectivity index (χ3v) is 3.57. The van der Waals surface area contributed by atoms with Crippen molar-refractivity contribution in [1.29, 1.82) is 0 Å². The fraction of sp³-hybridized carbons (Fsp3) is 0.917. The van der Waals surface area contributed by atoms with Crippen LogP contribution in [0.4, 0.5) is 0 Å². The number of hydrogen-bond donors (Lipinski definition) is 1. The van der Waals surface area contributed by atoms with Crippen molar-refractivity contribution in [3.05, 3.63) is 0 Å². The zero-order valence-electron chi connectivity index (χ0n) is 9.87. The highest BCUT2D eigenvalue weighted by Gasteiger charge is 2.16. The summed E-state index contributed by atoms with van der Waals surface area (Å²) in [6, 6.07) is 0. The van der Waals surface area contributed by atoms with Crippen LogP contribution in [-0.2, 0) is 0 Å². The van der Waals surface area contributed by atoms with Gasteiger partial charge < -0.3 is 10.6 Å². The van der Waals surface area contributed by atoms with Crippen molar-refractivity contribution in [2.45, 2.75) is 45.4 Å². The molecule has 0 bridgehead atoms. The Morgan fingerprint density at radius 1 is 1.33 bits per heavy atom. The van der Waals surface area contributed by atoms with Crippen LogP contribution in [-0.4, -0.2) is 29.5 Å². The minimum absolute atomic E-state index is 0.650. The third kappa shape index (κ3) is 5.47. The summed E-state index contributed by atoms with van der Waals surface area (Å²) in [5.41, 5.74) is 5.53. The minimum Gasteiger partial charge on any atom is -0.393 e. The van der Waals surface area contributed by atoms with Gasteiger partial charge in [-0.1, -0.05) is 38.4 Å². The number of nitrogens with two attached hydrogens (primary N) is 1. The molecule has 1 rings (SSSR count). The fourth-order valence-electron chi connectivity index (χ4n) is 2.38. The Kier molecular flexibility index (Phi) is 6.18. The number of rotatable bonds is 6. The Labute approximate surface area is 99.2 Å². The van der Waals surface area contributed by atoms with E-state index in [0.717, 1.165) is 25.4 Å². The van der Waals surface area contributed by atoms with Crippen LogP contribution in [0, 0.1) is 5.92 Å². The molecule has 0 spiro atoms. The largest absolute Gasteiger partial charge is 0.393 e. The van der Waals surface area contributed by atoms with Gasteiger partial charge in [-0.2, -0.15) is 0 Å². The van der Waals surface area contributed by atoms with Crippen molar-refractivity contribution in [3.63, 3.8) is 0 Å². The van der Waals surface area contributed by atoms with Gasteiger partial charge in [0.1, 0.15) is 0 Å². The van der Waals surface area contributed by atoms with Crippen molar-refractivity contribution in [2.24, 2.45) is 11.7 Å². The van der Waals surface area contributed by atoms with E-state index in [1.165, 1.54) is 38.6 Å².